The molecule has 0 amide bonds. The molecule has 4 heteroatoms. The van der Waals surface area contributed by atoms with E-state index in [4.69, 9.17) is 4.98 Å². The Hall–Kier alpha value is -1.39. The van der Waals surface area contributed by atoms with E-state index < -0.39 is 0 Å². The number of rotatable bonds is 5. The van der Waals surface area contributed by atoms with E-state index in [-0.39, 0.29) is 5.54 Å². The number of aromatic nitrogens is 1. The van der Waals surface area contributed by atoms with Crippen LogP contribution in [0.15, 0.2) is 30.3 Å². The standard InChI is InChI=1S/C17H25N3S/c1-17(2,3)18-12-11-14-15(13-9-7-6-8-10-13)19-16(21-14)20(4)5/h6-10,18H,11-12H2,1-5H3. The largest absolute Gasteiger partial charge is 0.354 e. The third-order valence-electron chi connectivity index (χ3n) is 3.12. The molecule has 1 heterocycles. The van der Waals surface area contributed by atoms with E-state index in [1.165, 1.54) is 10.4 Å². The monoisotopic (exact) mass is 303 g/mol. The van der Waals surface area contributed by atoms with Gasteiger partial charge < -0.3 is 10.2 Å². The molecule has 1 aromatic carbocycles. The number of nitrogens with zero attached hydrogens (tertiary/aromatic N) is 2. The summed E-state index contributed by atoms with van der Waals surface area (Å²) in [6, 6.07) is 10.5. The first-order valence-corrected chi connectivity index (χ1v) is 8.16. The predicted molar refractivity (Wildman–Crippen MR) is 93.3 cm³/mol. The van der Waals surface area contributed by atoms with Gasteiger partial charge in [-0.1, -0.05) is 30.3 Å². The van der Waals surface area contributed by atoms with Crippen LogP contribution in [0, 0.1) is 0 Å². The minimum atomic E-state index is 0.155. The zero-order valence-corrected chi connectivity index (χ0v) is 14.4. The summed E-state index contributed by atoms with van der Waals surface area (Å²) in [5.74, 6) is 0. The average molecular weight is 303 g/mol. The van der Waals surface area contributed by atoms with Crippen molar-refractivity contribution in [2.75, 3.05) is 25.5 Å². The lowest BCUT2D eigenvalue weighted by molar-refractivity contribution is 0.430. The molecule has 0 spiro atoms. The molecule has 1 N–H and O–H groups in total. The molecule has 0 aliphatic heterocycles. The second-order valence-electron chi connectivity index (χ2n) is 6.46. The van der Waals surface area contributed by atoms with Gasteiger partial charge in [-0.05, 0) is 27.2 Å². The van der Waals surface area contributed by atoms with Gasteiger partial charge in [-0.15, -0.1) is 11.3 Å². The van der Waals surface area contributed by atoms with Gasteiger partial charge in [-0.25, -0.2) is 4.98 Å². The van der Waals surface area contributed by atoms with Gasteiger partial charge >= 0.3 is 0 Å². The number of benzene rings is 1. The molecule has 0 aliphatic rings. The topological polar surface area (TPSA) is 28.2 Å². The van der Waals surface area contributed by atoms with Crippen molar-refractivity contribution in [2.45, 2.75) is 32.7 Å². The quantitative estimate of drug-likeness (QED) is 0.910. The van der Waals surface area contributed by atoms with Crippen LogP contribution < -0.4 is 10.2 Å². The smallest absolute Gasteiger partial charge is 0.185 e. The van der Waals surface area contributed by atoms with Crippen LogP contribution in [0.25, 0.3) is 11.3 Å². The second kappa shape index (κ2) is 6.58. The summed E-state index contributed by atoms with van der Waals surface area (Å²) in [5, 5.41) is 4.62. The predicted octanol–water partition coefficient (Wildman–Crippen LogP) is 3.81. The number of hydrogen-bond acceptors (Lipinski definition) is 4. The molecule has 0 unspecified atom stereocenters. The summed E-state index contributed by atoms with van der Waals surface area (Å²) in [6.07, 6.45) is 1.01. The van der Waals surface area contributed by atoms with Gasteiger partial charge in [-0.3, -0.25) is 0 Å². The lowest BCUT2D eigenvalue weighted by Gasteiger charge is -2.20. The molecule has 1 aromatic heterocycles. The first-order chi connectivity index (χ1) is 9.87. The van der Waals surface area contributed by atoms with Crippen molar-refractivity contribution in [1.29, 1.82) is 0 Å². The summed E-state index contributed by atoms with van der Waals surface area (Å²) >= 11 is 1.79. The van der Waals surface area contributed by atoms with Crippen molar-refractivity contribution in [3.63, 3.8) is 0 Å². The molecule has 0 saturated carbocycles. The molecule has 0 bridgehead atoms. The molecule has 114 valence electrons. The normalized spacial score (nSPS) is 11.7. The highest BCUT2D eigenvalue weighted by Crippen LogP contribution is 2.32. The van der Waals surface area contributed by atoms with Gasteiger partial charge in [-0.2, -0.15) is 0 Å². The summed E-state index contributed by atoms with van der Waals surface area (Å²) in [4.78, 5) is 8.24. The molecule has 3 nitrogen and oxygen atoms in total. The summed E-state index contributed by atoms with van der Waals surface area (Å²) < 4.78 is 0. The van der Waals surface area contributed by atoms with Crippen molar-refractivity contribution >= 4 is 16.5 Å². The molecule has 21 heavy (non-hydrogen) atoms. The Labute approximate surface area is 132 Å². The third kappa shape index (κ3) is 4.55. The molecule has 2 rings (SSSR count). The third-order valence-corrected chi connectivity index (χ3v) is 4.41. The molecule has 0 atom stereocenters. The summed E-state index contributed by atoms with van der Waals surface area (Å²) in [6.45, 7) is 7.56. The molecule has 0 fully saturated rings. The fourth-order valence-corrected chi connectivity index (χ4v) is 3.08. The maximum Gasteiger partial charge on any atom is 0.185 e. The van der Waals surface area contributed by atoms with Gasteiger partial charge in [0.1, 0.15) is 0 Å². The summed E-state index contributed by atoms with van der Waals surface area (Å²) in [5.41, 5.74) is 2.48. The fourth-order valence-electron chi connectivity index (χ4n) is 2.07. The number of anilines is 1. The maximum atomic E-state index is 4.81. The maximum absolute atomic E-state index is 4.81. The lowest BCUT2D eigenvalue weighted by Crippen LogP contribution is -2.37. The van der Waals surface area contributed by atoms with Crippen LogP contribution in [0.1, 0.15) is 25.6 Å². The van der Waals surface area contributed by atoms with E-state index >= 15 is 0 Å². The van der Waals surface area contributed by atoms with E-state index in [9.17, 15) is 0 Å². The van der Waals surface area contributed by atoms with Crippen molar-refractivity contribution < 1.29 is 0 Å². The Morgan fingerprint density at radius 1 is 1.14 bits per heavy atom. The van der Waals surface area contributed by atoms with Crippen LogP contribution in [0.2, 0.25) is 0 Å². The zero-order chi connectivity index (χ0) is 15.5. The zero-order valence-electron chi connectivity index (χ0n) is 13.6. The Bertz CT molecular complexity index is 567. The highest BCUT2D eigenvalue weighted by atomic mass is 32.1. The van der Waals surface area contributed by atoms with E-state index in [0.29, 0.717) is 0 Å². The first-order valence-electron chi connectivity index (χ1n) is 7.34. The average Bonchev–Trinajstić information content (AvgIpc) is 2.83. The van der Waals surface area contributed by atoms with Crippen LogP contribution in [0.3, 0.4) is 0 Å². The number of nitrogens with one attached hydrogen (secondary N) is 1. The van der Waals surface area contributed by atoms with E-state index in [0.717, 1.165) is 23.8 Å². The number of thiazole rings is 1. The van der Waals surface area contributed by atoms with Gasteiger partial charge in [0.25, 0.3) is 0 Å². The Morgan fingerprint density at radius 2 is 1.81 bits per heavy atom. The van der Waals surface area contributed by atoms with Gasteiger partial charge in [0.05, 0.1) is 5.69 Å². The molecule has 2 aromatic rings. The Morgan fingerprint density at radius 3 is 2.38 bits per heavy atom. The van der Waals surface area contributed by atoms with Crippen molar-refractivity contribution in [3.05, 3.63) is 35.2 Å². The highest BCUT2D eigenvalue weighted by molar-refractivity contribution is 7.16. The van der Waals surface area contributed by atoms with Crippen molar-refractivity contribution in [1.82, 2.24) is 10.3 Å². The van der Waals surface area contributed by atoms with E-state index in [1.807, 2.05) is 20.2 Å². The van der Waals surface area contributed by atoms with E-state index in [1.54, 1.807) is 11.3 Å². The van der Waals surface area contributed by atoms with Crippen LogP contribution in [0.4, 0.5) is 5.13 Å². The number of hydrogen-bond donors (Lipinski definition) is 1. The highest BCUT2D eigenvalue weighted by Gasteiger charge is 2.15. The second-order valence-corrected chi connectivity index (χ2v) is 7.52. The summed E-state index contributed by atoms with van der Waals surface area (Å²) in [7, 11) is 4.09. The molecular weight excluding hydrogens is 278 g/mol. The van der Waals surface area contributed by atoms with Crippen LogP contribution in [-0.4, -0.2) is 31.2 Å². The fraction of sp³-hybridized carbons (Fsp3) is 0.471. The van der Waals surface area contributed by atoms with Crippen molar-refractivity contribution in [3.8, 4) is 11.3 Å². The minimum Gasteiger partial charge on any atom is -0.354 e. The minimum absolute atomic E-state index is 0.155. The first kappa shape index (κ1) is 16.0. The van der Waals surface area contributed by atoms with Gasteiger partial charge in [0.2, 0.25) is 0 Å². The van der Waals surface area contributed by atoms with Crippen LogP contribution in [-0.2, 0) is 6.42 Å². The molecule has 0 radical (unpaired) electrons. The van der Waals surface area contributed by atoms with Gasteiger partial charge in [0, 0.05) is 36.6 Å². The van der Waals surface area contributed by atoms with Gasteiger partial charge in [0.15, 0.2) is 5.13 Å². The Kier molecular flexibility index (Phi) is 5.01. The molecule has 0 saturated heterocycles. The SMILES string of the molecule is CN(C)c1nc(-c2ccccc2)c(CCNC(C)(C)C)s1. The lowest BCUT2D eigenvalue weighted by atomic mass is 10.1. The van der Waals surface area contributed by atoms with Crippen LogP contribution in [0.5, 0.6) is 0 Å². The Balaban J connectivity index is 2.22. The van der Waals surface area contributed by atoms with Crippen molar-refractivity contribution in [2.24, 2.45) is 0 Å². The molecular formula is C17H25N3S. The van der Waals surface area contributed by atoms with E-state index in [2.05, 4.69) is 55.3 Å². The van der Waals surface area contributed by atoms with Crippen LogP contribution >= 0.6 is 11.3 Å². The molecule has 0 aliphatic carbocycles.